The molecule has 0 spiro atoms. The van der Waals surface area contributed by atoms with Crippen LogP contribution in [-0.4, -0.2) is 52.7 Å². The molecule has 3 aromatic rings. The van der Waals surface area contributed by atoms with Gasteiger partial charge in [0, 0.05) is 30.5 Å². The van der Waals surface area contributed by atoms with Gasteiger partial charge in [0.15, 0.2) is 5.78 Å². The number of nitrogens with two attached hydrogens (primary N) is 1. The molecular weight excluding hydrogens is 506 g/mol. The van der Waals surface area contributed by atoms with Crippen molar-refractivity contribution in [2.75, 3.05) is 18.5 Å². The number of urea groups is 1. The first-order chi connectivity index (χ1) is 17.7. The van der Waals surface area contributed by atoms with Crippen molar-refractivity contribution in [1.82, 2.24) is 9.47 Å². The Morgan fingerprint density at radius 3 is 2.78 bits per heavy atom. The number of alkyl halides is 1. The number of carbonyl (C=O) groups is 3. The van der Waals surface area contributed by atoms with E-state index >= 15 is 0 Å². The molecule has 2 atom stereocenters. The Morgan fingerprint density at radius 2 is 2.05 bits per heavy atom. The number of rotatable bonds is 8. The minimum Gasteiger partial charge on any atom is -0.489 e. The first-order valence-corrected chi connectivity index (χ1v) is 11.9. The van der Waals surface area contributed by atoms with Gasteiger partial charge in [0.1, 0.15) is 24.3 Å². The number of Topliss-reactive ketones (excluding diaryl/α,β-unsaturated/α-hetero) is 1. The van der Waals surface area contributed by atoms with E-state index in [9.17, 15) is 23.2 Å². The van der Waals surface area contributed by atoms with E-state index in [0.717, 1.165) is 9.47 Å². The van der Waals surface area contributed by atoms with Gasteiger partial charge in [-0.15, -0.1) is 0 Å². The highest BCUT2D eigenvalue weighted by Gasteiger charge is 2.39. The van der Waals surface area contributed by atoms with Crippen LogP contribution >= 0.6 is 11.6 Å². The zero-order valence-electron chi connectivity index (χ0n) is 19.8. The van der Waals surface area contributed by atoms with Crippen LogP contribution in [0.2, 0.25) is 5.02 Å². The predicted molar refractivity (Wildman–Crippen MR) is 136 cm³/mol. The van der Waals surface area contributed by atoms with Gasteiger partial charge in [0.25, 0.3) is 0 Å². The van der Waals surface area contributed by atoms with Gasteiger partial charge in [-0.25, -0.2) is 18.4 Å². The van der Waals surface area contributed by atoms with E-state index in [4.69, 9.17) is 22.1 Å². The summed E-state index contributed by atoms with van der Waals surface area (Å²) in [5.41, 5.74) is 6.41. The lowest BCUT2D eigenvalue weighted by atomic mass is 10.0. The molecule has 0 bridgehead atoms. The molecule has 37 heavy (non-hydrogen) atoms. The average Bonchev–Trinajstić information content (AvgIpc) is 3.44. The smallest absolute Gasteiger partial charge is 0.323 e. The van der Waals surface area contributed by atoms with Crippen LogP contribution in [-0.2, 0) is 11.2 Å². The lowest BCUT2D eigenvalue weighted by molar-refractivity contribution is -0.122. The number of benzene rings is 2. The topological polar surface area (TPSA) is 107 Å². The van der Waals surface area contributed by atoms with Crippen LogP contribution in [0.4, 0.5) is 24.1 Å². The number of aryl methyl sites for hydroxylation is 1. The summed E-state index contributed by atoms with van der Waals surface area (Å²) in [7, 11) is 0. The number of amides is 3. The van der Waals surface area contributed by atoms with E-state index in [0.29, 0.717) is 16.7 Å². The Labute approximate surface area is 216 Å². The SMILES string of the molecule is C=CCOc1ccc2c(NC(=O)N3C[C@H](F)C[C@H]3C(=O)CCc3cccc(Cl)c3F)cn(C(N)=O)c2c1. The Kier molecular flexibility index (Phi) is 7.77. The maximum absolute atomic E-state index is 14.3. The molecular formula is C26H25ClF2N4O4. The van der Waals surface area contributed by atoms with Gasteiger partial charge in [-0.05, 0) is 30.2 Å². The number of carbonyl (C=O) groups excluding carboxylic acids is 3. The van der Waals surface area contributed by atoms with Crippen molar-refractivity contribution in [3.05, 3.63) is 71.7 Å². The fourth-order valence-electron chi connectivity index (χ4n) is 4.40. The zero-order chi connectivity index (χ0) is 26.7. The Bertz CT molecular complexity index is 1380. The largest absolute Gasteiger partial charge is 0.489 e. The first-order valence-electron chi connectivity index (χ1n) is 11.6. The van der Waals surface area contributed by atoms with Crippen LogP contribution in [0.5, 0.6) is 5.75 Å². The summed E-state index contributed by atoms with van der Waals surface area (Å²) in [5.74, 6) is -0.531. The van der Waals surface area contributed by atoms with Gasteiger partial charge in [-0.3, -0.25) is 9.36 Å². The van der Waals surface area contributed by atoms with Crippen molar-refractivity contribution in [3.63, 3.8) is 0 Å². The quantitative estimate of drug-likeness (QED) is 0.396. The van der Waals surface area contributed by atoms with E-state index in [1.54, 1.807) is 30.3 Å². The third-order valence-electron chi connectivity index (χ3n) is 6.18. The highest BCUT2D eigenvalue weighted by atomic mass is 35.5. The monoisotopic (exact) mass is 530 g/mol. The third-order valence-corrected chi connectivity index (χ3v) is 6.47. The number of nitrogens with one attached hydrogen (secondary N) is 1. The highest BCUT2D eigenvalue weighted by molar-refractivity contribution is 6.30. The Balaban J connectivity index is 1.52. The summed E-state index contributed by atoms with van der Waals surface area (Å²) < 4.78 is 35.2. The second kappa shape index (κ2) is 11.0. The van der Waals surface area contributed by atoms with Crippen molar-refractivity contribution < 1.29 is 27.9 Å². The number of halogens is 3. The van der Waals surface area contributed by atoms with E-state index < -0.39 is 35.9 Å². The number of anilines is 1. The number of primary amides is 1. The molecule has 1 fully saturated rings. The molecule has 2 heterocycles. The maximum Gasteiger partial charge on any atom is 0.323 e. The number of hydrogen-bond donors (Lipinski definition) is 2. The van der Waals surface area contributed by atoms with Crippen LogP contribution in [0.1, 0.15) is 18.4 Å². The van der Waals surface area contributed by atoms with Crippen molar-refractivity contribution >= 4 is 46.0 Å². The molecule has 0 unspecified atom stereocenters. The predicted octanol–water partition coefficient (Wildman–Crippen LogP) is 5.07. The zero-order valence-corrected chi connectivity index (χ0v) is 20.5. The fraction of sp³-hybridized carbons (Fsp3) is 0.269. The molecule has 1 saturated heterocycles. The fourth-order valence-corrected chi connectivity index (χ4v) is 4.60. The van der Waals surface area contributed by atoms with Crippen molar-refractivity contribution in [3.8, 4) is 5.75 Å². The van der Waals surface area contributed by atoms with Crippen LogP contribution in [0.25, 0.3) is 10.9 Å². The number of fused-ring (bicyclic) bond motifs is 1. The van der Waals surface area contributed by atoms with Gasteiger partial charge in [0.05, 0.1) is 28.8 Å². The molecule has 3 N–H and O–H groups in total. The van der Waals surface area contributed by atoms with Gasteiger partial charge < -0.3 is 20.7 Å². The number of hydrogen-bond acceptors (Lipinski definition) is 4. The summed E-state index contributed by atoms with van der Waals surface area (Å²) in [6.07, 6.45) is 1.35. The van der Waals surface area contributed by atoms with Gasteiger partial charge in [0.2, 0.25) is 0 Å². The number of likely N-dealkylation sites (tertiary alicyclic amines) is 1. The second-order valence-corrected chi connectivity index (χ2v) is 9.05. The number of aromatic nitrogens is 1. The molecule has 0 aliphatic carbocycles. The van der Waals surface area contributed by atoms with Crippen LogP contribution < -0.4 is 15.8 Å². The number of ketones is 1. The summed E-state index contributed by atoms with van der Waals surface area (Å²) in [5, 5.41) is 3.11. The van der Waals surface area contributed by atoms with E-state index in [1.807, 2.05) is 0 Å². The lowest BCUT2D eigenvalue weighted by Gasteiger charge is -2.23. The average molecular weight is 531 g/mol. The van der Waals surface area contributed by atoms with Crippen molar-refractivity contribution in [1.29, 1.82) is 0 Å². The molecule has 8 nitrogen and oxygen atoms in total. The third kappa shape index (κ3) is 5.59. The van der Waals surface area contributed by atoms with E-state index in [1.165, 1.54) is 18.3 Å². The standard InChI is InChI=1S/C26H25ClF2N4O4/c1-2-10-37-17-7-8-18-20(14-32(25(30)35)21(18)12-17)31-26(36)33-13-16(28)11-22(33)23(34)9-6-15-4-3-5-19(27)24(15)29/h2-5,7-8,12,14,16,22H,1,6,9-11,13H2,(H2,30,35)(H,31,36)/t16-,22+/m1/s1. The molecule has 0 saturated carbocycles. The van der Waals surface area contributed by atoms with Crippen molar-refractivity contribution in [2.24, 2.45) is 5.73 Å². The lowest BCUT2D eigenvalue weighted by Crippen LogP contribution is -2.43. The van der Waals surface area contributed by atoms with Gasteiger partial charge in [-0.1, -0.05) is 36.4 Å². The number of nitrogens with zero attached hydrogens (tertiary/aromatic N) is 2. The summed E-state index contributed by atoms with van der Waals surface area (Å²) in [4.78, 5) is 39.2. The van der Waals surface area contributed by atoms with Crippen LogP contribution in [0.3, 0.4) is 0 Å². The summed E-state index contributed by atoms with van der Waals surface area (Å²) >= 11 is 5.80. The van der Waals surface area contributed by atoms with Gasteiger partial charge >= 0.3 is 12.1 Å². The summed E-state index contributed by atoms with van der Waals surface area (Å²) in [6, 6.07) is 6.90. The van der Waals surface area contributed by atoms with Crippen molar-refractivity contribution in [2.45, 2.75) is 31.5 Å². The maximum atomic E-state index is 14.3. The first kappa shape index (κ1) is 26.2. The number of ether oxygens (including phenoxy) is 1. The minimum atomic E-state index is -1.39. The van der Waals surface area contributed by atoms with Crippen LogP contribution in [0, 0.1) is 5.82 Å². The normalized spacial score (nSPS) is 17.1. The molecule has 0 radical (unpaired) electrons. The van der Waals surface area contributed by atoms with E-state index in [-0.39, 0.29) is 48.7 Å². The second-order valence-electron chi connectivity index (χ2n) is 8.64. The molecule has 1 aromatic heterocycles. The Hall–Kier alpha value is -3.92. The molecule has 4 rings (SSSR count). The minimum absolute atomic E-state index is 0.0508. The van der Waals surface area contributed by atoms with Crippen LogP contribution in [0.15, 0.2) is 55.3 Å². The molecule has 1 aliphatic rings. The van der Waals surface area contributed by atoms with E-state index in [2.05, 4.69) is 11.9 Å². The Morgan fingerprint density at radius 1 is 1.27 bits per heavy atom. The molecule has 1 aliphatic heterocycles. The molecule has 194 valence electrons. The molecule has 3 amide bonds. The molecule has 11 heteroatoms. The highest BCUT2D eigenvalue weighted by Crippen LogP contribution is 2.31. The molecule has 2 aromatic carbocycles. The van der Waals surface area contributed by atoms with Gasteiger partial charge in [-0.2, -0.15) is 0 Å². The summed E-state index contributed by atoms with van der Waals surface area (Å²) in [6.45, 7) is 3.57.